The molecule has 0 amide bonds. The molecule has 2 aliphatic heterocycles. The first-order valence-electron chi connectivity index (χ1n) is 11.9. The average molecular weight is 510 g/mol. The molecule has 10 heteroatoms. The van der Waals surface area contributed by atoms with Gasteiger partial charge in [0.25, 0.3) is 0 Å². The van der Waals surface area contributed by atoms with E-state index in [1.54, 1.807) is 18.0 Å². The van der Waals surface area contributed by atoms with E-state index in [1.807, 2.05) is 42.5 Å². The fourth-order valence-corrected chi connectivity index (χ4v) is 5.05. The second-order valence-corrected chi connectivity index (χ2v) is 9.92. The van der Waals surface area contributed by atoms with Gasteiger partial charge < -0.3 is 14.5 Å². The van der Waals surface area contributed by atoms with E-state index >= 15 is 0 Å². The van der Waals surface area contributed by atoms with E-state index in [0.29, 0.717) is 31.1 Å². The molecule has 0 aliphatic carbocycles. The number of hydrogen-bond acceptors (Lipinski definition) is 9. The first kappa shape index (κ1) is 23.8. The Morgan fingerprint density at radius 1 is 0.857 bits per heavy atom. The van der Waals surface area contributed by atoms with Crippen LogP contribution in [0.4, 0.5) is 17.8 Å². The molecule has 35 heavy (non-hydrogen) atoms. The number of hydrogen-bond donors (Lipinski definition) is 1. The highest BCUT2D eigenvalue weighted by molar-refractivity contribution is 7.99. The van der Waals surface area contributed by atoms with Gasteiger partial charge in [0.05, 0.1) is 19.4 Å². The van der Waals surface area contributed by atoms with Gasteiger partial charge in [-0.3, -0.25) is 0 Å². The number of ether oxygens (including phenoxy) is 1. The number of halogens is 1. The molecule has 182 valence electrons. The van der Waals surface area contributed by atoms with Crippen LogP contribution in [-0.2, 0) is 4.74 Å². The molecule has 2 fully saturated rings. The van der Waals surface area contributed by atoms with Crippen LogP contribution in [-0.4, -0.2) is 60.6 Å². The summed E-state index contributed by atoms with van der Waals surface area (Å²) in [7, 11) is 0. The van der Waals surface area contributed by atoms with Crippen molar-refractivity contribution in [2.24, 2.45) is 5.10 Å². The van der Waals surface area contributed by atoms with Crippen molar-refractivity contribution in [3.63, 3.8) is 0 Å². The van der Waals surface area contributed by atoms with E-state index in [4.69, 9.17) is 21.3 Å². The zero-order valence-corrected chi connectivity index (χ0v) is 21.0. The first-order chi connectivity index (χ1) is 17.2. The molecule has 8 nitrogen and oxygen atoms in total. The molecule has 1 N–H and O–H groups in total. The summed E-state index contributed by atoms with van der Waals surface area (Å²) in [6, 6.07) is 16.0. The zero-order chi connectivity index (χ0) is 23.9. The van der Waals surface area contributed by atoms with Crippen molar-refractivity contribution in [1.29, 1.82) is 0 Å². The number of nitrogens with one attached hydrogen (secondary N) is 1. The Bertz CT molecular complexity index is 1110. The smallest absolute Gasteiger partial charge is 0.250 e. The van der Waals surface area contributed by atoms with Crippen LogP contribution < -0.4 is 15.2 Å². The van der Waals surface area contributed by atoms with Crippen molar-refractivity contribution in [1.82, 2.24) is 15.0 Å². The summed E-state index contributed by atoms with van der Waals surface area (Å²) >= 11 is 7.69. The van der Waals surface area contributed by atoms with Gasteiger partial charge in [-0.15, -0.1) is 0 Å². The van der Waals surface area contributed by atoms with Gasteiger partial charge in [-0.25, -0.2) is 5.43 Å². The van der Waals surface area contributed by atoms with Crippen LogP contribution >= 0.6 is 23.4 Å². The summed E-state index contributed by atoms with van der Waals surface area (Å²) in [5.74, 6) is 1.82. The summed E-state index contributed by atoms with van der Waals surface area (Å²) in [6.07, 6.45) is 5.36. The molecule has 0 bridgehead atoms. The lowest BCUT2D eigenvalue weighted by molar-refractivity contribution is 0.122. The molecule has 3 heterocycles. The maximum absolute atomic E-state index is 6.03. The lowest BCUT2D eigenvalue weighted by Gasteiger charge is -2.30. The second-order valence-electron chi connectivity index (χ2n) is 8.37. The van der Waals surface area contributed by atoms with E-state index in [0.717, 1.165) is 59.4 Å². The molecular formula is C25H28ClN7OS. The van der Waals surface area contributed by atoms with Gasteiger partial charge in [0, 0.05) is 46.6 Å². The number of piperidine rings is 1. The Hall–Kier alpha value is -2.88. The van der Waals surface area contributed by atoms with Gasteiger partial charge in [-0.05, 0) is 49.6 Å². The third-order valence-corrected chi connectivity index (χ3v) is 7.22. The fourth-order valence-electron chi connectivity index (χ4n) is 4.01. The van der Waals surface area contributed by atoms with Gasteiger partial charge in [-0.1, -0.05) is 41.6 Å². The van der Waals surface area contributed by atoms with Crippen LogP contribution in [0.1, 0.15) is 24.8 Å². The number of benzene rings is 2. The Morgan fingerprint density at radius 2 is 1.54 bits per heavy atom. The van der Waals surface area contributed by atoms with Crippen LogP contribution in [0.15, 0.2) is 63.4 Å². The van der Waals surface area contributed by atoms with E-state index in [-0.39, 0.29) is 0 Å². The largest absolute Gasteiger partial charge is 0.378 e. The Balaban J connectivity index is 1.35. The topological polar surface area (TPSA) is 78.8 Å². The van der Waals surface area contributed by atoms with Crippen molar-refractivity contribution < 1.29 is 4.74 Å². The molecule has 2 saturated heterocycles. The Kier molecular flexibility index (Phi) is 7.97. The van der Waals surface area contributed by atoms with Crippen LogP contribution in [0.5, 0.6) is 0 Å². The van der Waals surface area contributed by atoms with Gasteiger partial charge in [-0.2, -0.15) is 20.1 Å². The van der Waals surface area contributed by atoms with Crippen LogP contribution in [0, 0.1) is 0 Å². The molecule has 2 aliphatic rings. The van der Waals surface area contributed by atoms with E-state index in [9.17, 15) is 0 Å². The van der Waals surface area contributed by atoms with Crippen molar-refractivity contribution in [2.45, 2.75) is 29.1 Å². The fraction of sp³-hybridized carbons (Fsp3) is 0.360. The molecule has 0 atom stereocenters. The number of aromatic nitrogens is 3. The molecule has 0 saturated carbocycles. The Labute approximate surface area is 214 Å². The van der Waals surface area contributed by atoms with Crippen molar-refractivity contribution in [3.8, 4) is 0 Å². The monoisotopic (exact) mass is 509 g/mol. The molecule has 5 rings (SSSR count). The van der Waals surface area contributed by atoms with Crippen molar-refractivity contribution in [2.75, 3.05) is 54.6 Å². The van der Waals surface area contributed by atoms with E-state index in [2.05, 4.69) is 36.4 Å². The maximum Gasteiger partial charge on any atom is 0.250 e. The number of anilines is 3. The lowest BCUT2D eigenvalue weighted by Crippen LogP contribution is -2.38. The summed E-state index contributed by atoms with van der Waals surface area (Å²) < 4.78 is 5.50. The van der Waals surface area contributed by atoms with Crippen molar-refractivity contribution in [3.05, 3.63) is 59.1 Å². The van der Waals surface area contributed by atoms with Crippen LogP contribution in [0.25, 0.3) is 0 Å². The summed E-state index contributed by atoms with van der Waals surface area (Å²) in [4.78, 5) is 20.7. The molecule has 0 unspecified atom stereocenters. The summed E-state index contributed by atoms with van der Waals surface area (Å²) in [6.45, 7) is 4.81. The van der Waals surface area contributed by atoms with Crippen LogP contribution in [0.3, 0.4) is 0 Å². The Morgan fingerprint density at radius 3 is 2.29 bits per heavy atom. The zero-order valence-electron chi connectivity index (χ0n) is 19.4. The van der Waals surface area contributed by atoms with Gasteiger partial charge in [0.1, 0.15) is 0 Å². The predicted octanol–water partition coefficient (Wildman–Crippen LogP) is 4.95. The van der Waals surface area contributed by atoms with Gasteiger partial charge >= 0.3 is 0 Å². The average Bonchev–Trinajstić information content (AvgIpc) is 2.92. The molecular weight excluding hydrogens is 482 g/mol. The highest BCUT2D eigenvalue weighted by Crippen LogP contribution is 2.30. The van der Waals surface area contributed by atoms with E-state index < -0.39 is 0 Å². The number of hydrazone groups is 1. The number of rotatable bonds is 7. The molecule has 1 aromatic heterocycles. The van der Waals surface area contributed by atoms with E-state index in [1.165, 1.54) is 6.42 Å². The maximum atomic E-state index is 6.03. The minimum absolute atomic E-state index is 0.446. The van der Waals surface area contributed by atoms with Gasteiger partial charge in [0.2, 0.25) is 17.8 Å². The highest BCUT2D eigenvalue weighted by atomic mass is 35.5. The number of morpholine rings is 1. The SMILES string of the molecule is Clc1ccc(Sc2ccccc2/C=N\Nc2nc(N3CCCCC3)nc(N3CCOCC3)n2)cc1. The quantitative estimate of drug-likeness (QED) is 0.354. The third-order valence-electron chi connectivity index (χ3n) is 5.87. The van der Waals surface area contributed by atoms with Crippen LogP contribution in [0.2, 0.25) is 5.02 Å². The standard InChI is InChI=1S/C25H28ClN7OS/c26-20-8-10-21(11-9-20)35-22-7-3-2-6-19(22)18-27-31-23-28-24(32-12-4-1-5-13-32)30-25(29-23)33-14-16-34-17-15-33/h2-3,6-11,18H,1,4-5,12-17H2,(H,28,29,30,31)/b27-18-. The van der Waals surface area contributed by atoms with Gasteiger partial charge in [0.15, 0.2) is 0 Å². The summed E-state index contributed by atoms with van der Waals surface area (Å²) in [5.41, 5.74) is 4.05. The number of nitrogens with zero attached hydrogens (tertiary/aromatic N) is 6. The highest BCUT2D eigenvalue weighted by Gasteiger charge is 2.20. The normalized spacial score (nSPS) is 16.6. The second kappa shape index (κ2) is 11.7. The molecule has 2 aromatic carbocycles. The third kappa shape index (κ3) is 6.42. The first-order valence-corrected chi connectivity index (χ1v) is 13.1. The summed E-state index contributed by atoms with van der Waals surface area (Å²) in [5, 5.41) is 5.20. The lowest BCUT2D eigenvalue weighted by atomic mass is 10.1. The minimum Gasteiger partial charge on any atom is -0.378 e. The van der Waals surface area contributed by atoms with Crippen molar-refractivity contribution >= 4 is 47.4 Å². The molecule has 0 radical (unpaired) electrons. The molecule has 3 aromatic rings. The minimum atomic E-state index is 0.446. The predicted molar refractivity (Wildman–Crippen MR) is 142 cm³/mol. The molecule has 0 spiro atoms.